The van der Waals surface area contributed by atoms with Crippen LogP contribution in [0.1, 0.15) is 38.3 Å². The highest BCUT2D eigenvalue weighted by Gasteiger charge is 2.28. The molecule has 2 rings (SSSR count). The lowest BCUT2D eigenvalue weighted by Gasteiger charge is -2.30. The van der Waals surface area contributed by atoms with Crippen molar-refractivity contribution in [3.63, 3.8) is 0 Å². The van der Waals surface area contributed by atoms with Gasteiger partial charge in [-0.05, 0) is 55.7 Å². The fourth-order valence-electron chi connectivity index (χ4n) is 2.84. The highest BCUT2D eigenvalue weighted by molar-refractivity contribution is 6.42. The lowest BCUT2D eigenvalue weighted by molar-refractivity contribution is -0.140. The summed E-state index contributed by atoms with van der Waals surface area (Å²) in [6.45, 7) is 5.78. The number of nitrogens with one attached hydrogen (secondary N) is 1. The van der Waals surface area contributed by atoms with Crippen molar-refractivity contribution < 1.29 is 9.59 Å². The van der Waals surface area contributed by atoms with Crippen molar-refractivity contribution >= 4 is 58.2 Å². The van der Waals surface area contributed by atoms with E-state index in [0.29, 0.717) is 25.7 Å². The van der Waals surface area contributed by atoms with Crippen LogP contribution in [0.4, 0.5) is 0 Å². The Morgan fingerprint density at radius 2 is 1.60 bits per heavy atom. The topological polar surface area (TPSA) is 49.4 Å². The quantitative estimate of drug-likeness (QED) is 0.481. The predicted molar refractivity (Wildman–Crippen MR) is 125 cm³/mol. The van der Waals surface area contributed by atoms with Crippen molar-refractivity contribution in [2.45, 2.75) is 52.2 Å². The highest BCUT2D eigenvalue weighted by atomic mass is 35.5. The normalized spacial score (nSPS) is 12.9. The zero-order chi connectivity index (χ0) is 22.4. The van der Waals surface area contributed by atoms with Crippen molar-refractivity contribution in [2.75, 3.05) is 0 Å². The Hall–Kier alpha value is -1.46. The Balaban J connectivity index is 2.32. The fraction of sp³-hybridized carbons (Fsp3) is 0.364. The van der Waals surface area contributed by atoms with Crippen LogP contribution in [0.2, 0.25) is 20.1 Å². The molecule has 4 nitrogen and oxygen atoms in total. The molecule has 0 bridgehead atoms. The van der Waals surface area contributed by atoms with Crippen molar-refractivity contribution in [1.29, 1.82) is 0 Å². The number of rotatable bonds is 8. The van der Waals surface area contributed by atoms with Gasteiger partial charge in [0.25, 0.3) is 0 Å². The minimum atomic E-state index is -0.706. The number of nitrogens with zero attached hydrogens (tertiary/aromatic N) is 1. The van der Waals surface area contributed by atoms with E-state index in [9.17, 15) is 9.59 Å². The average Bonchev–Trinajstić information content (AvgIpc) is 2.70. The molecule has 0 unspecified atom stereocenters. The maximum absolute atomic E-state index is 13.2. The van der Waals surface area contributed by atoms with Gasteiger partial charge in [-0.1, -0.05) is 65.5 Å². The number of hydrogen-bond acceptors (Lipinski definition) is 2. The van der Waals surface area contributed by atoms with Gasteiger partial charge in [-0.25, -0.2) is 0 Å². The average molecular weight is 490 g/mol. The summed E-state index contributed by atoms with van der Waals surface area (Å²) in [5.41, 5.74) is 1.28. The summed E-state index contributed by atoms with van der Waals surface area (Å²) in [7, 11) is 0. The van der Waals surface area contributed by atoms with Crippen LogP contribution in [0.25, 0.3) is 0 Å². The lowest BCUT2D eigenvalue weighted by Crippen LogP contribution is -2.49. The van der Waals surface area contributed by atoms with Gasteiger partial charge in [0.1, 0.15) is 6.04 Å². The van der Waals surface area contributed by atoms with Crippen LogP contribution >= 0.6 is 46.4 Å². The second kappa shape index (κ2) is 11.2. The van der Waals surface area contributed by atoms with Gasteiger partial charge >= 0.3 is 0 Å². The lowest BCUT2D eigenvalue weighted by atomic mass is 10.1. The van der Waals surface area contributed by atoms with Crippen molar-refractivity contribution in [3.8, 4) is 0 Å². The van der Waals surface area contributed by atoms with Crippen LogP contribution < -0.4 is 5.32 Å². The van der Waals surface area contributed by atoms with E-state index in [2.05, 4.69) is 5.32 Å². The molecule has 8 heteroatoms. The monoisotopic (exact) mass is 488 g/mol. The third-order valence-electron chi connectivity index (χ3n) is 4.89. The van der Waals surface area contributed by atoms with E-state index in [-0.39, 0.29) is 30.8 Å². The van der Waals surface area contributed by atoms with Gasteiger partial charge in [-0.15, -0.1) is 0 Å². The van der Waals surface area contributed by atoms with Gasteiger partial charge in [0.05, 0.1) is 16.5 Å². The maximum Gasteiger partial charge on any atom is 0.242 e. The molecule has 162 valence electrons. The summed E-state index contributed by atoms with van der Waals surface area (Å²) in [4.78, 5) is 27.5. The molecule has 0 aliphatic rings. The van der Waals surface area contributed by atoms with Crippen molar-refractivity contribution in [1.82, 2.24) is 10.2 Å². The SMILES string of the molecule is CC[C@@H](C)NC(=O)[C@@H](C)N(Cc1ccc(Cl)c(Cl)c1)C(=O)Cc1c(Cl)cccc1Cl. The van der Waals surface area contributed by atoms with Crippen LogP contribution in [0, 0.1) is 0 Å². The first-order chi connectivity index (χ1) is 14.1. The molecule has 2 atom stereocenters. The second-order valence-corrected chi connectivity index (χ2v) is 8.77. The van der Waals surface area contributed by atoms with Crippen LogP contribution in [0.5, 0.6) is 0 Å². The van der Waals surface area contributed by atoms with Gasteiger partial charge in [0.2, 0.25) is 11.8 Å². The van der Waals surface area contributed by atoms with Crippen LogP contribution in [0.3, 0.4) is 0 Å². The molecule has 2 aromatic rings. The second-order valence-electron chi connectivity index (χ2n) is 7.14. The predicted octanol–water partition coefficient (Wildman–Crippen LogP) is 6.17. The molecule has 1 N–H and O–H groups in total. The van der Waals surface area contributed by atoms with Gasteiger partial charge in [0.15, 0.2) is 0 Å². The third-order valence-corrected chi connectivity index (χ3v) is 6.34. The summed E-state index contributed by atoms with van der Waals surface area (Å²) in [6.07, 6.45) is 0.759. The molecule has 0 aliphatic carbocycles. The molecule has 2 aromatic carbocycles. The Kier molecular flexibility index (Phi) is 9.30. The zero-order valence-electron chi connectivity index (χ0n) is 17.0. The number of carbonyl (C=O) groups is 2. The van der Waals surface area contributed by atoms with Gasteiger partial charge < -0.3 is 10.2 Å². The van der Waals surface area contributed by atoms with E-state index in [1.807, 2.05) is 13.8 Å². The van der Waals surface area contributed by atoms with Gasteiger partial charge in [0, 0.05) is 22.6 Å². The summed E-state index contributed by atoms with van der Waals surface area (Å²) >= 11 is 24.6. The third kappa shape index (κ3) is 6.52. The van der Waals surface area contributed by atoms with Crippen molar-refractivity contribution in [3.05, 3.63) is 67.6 Å². The number of amides is 2. The molecule has 2 amide bonds. The van der Waals surface area contributed by atoms with Crippen molar-refractivity contribution in [2.24, 2.45) is 0 Å². The highest BCUT2D eigenvalue weighted by Crippen LogP contribution is 2.27. The molecular weight excluding hydrogens is 466 g/mol. The minimum Gasteiger partial charge on any atom is -0.352 e. The molecule has 0 radical (unpaired) electrons. The van der Waals surface area contributed by atoms with E-state index in [4.69, 9.17) is 46.4 Å². The standard InChI is InChI=1S/C22H24Cl4N2O2/c1-4-13(2)27-22(30)14(3)28(12-15-8-9-19(25)20(26)10-15)21(29)11-16-17(23)6-5-7-18(16)24/h5-10,13-14H,4,11-12H2,1-3H3,(H,27,30)/t13-,14-/m1/s1. The molecule has 0 aromatic heterocycles. The van der Waals surface area contributed by atoms with Crippen LogP contribution in [-0.4, -0.2) is 28.8 Å². The smallest absolute Gasteiger partial charge is 0.242 e. The summed E-state index contributed by atoms with van der Waals surface area (Å²) in [6, 6.07) is 9.49. The largest absolute Gasteiger partial charge is 0.352 e. The van der Waals surface area contributed by atoms with E-state index in [1.165, 1.54) is 4.90 Å². The van der Waals surface area contributed by atoms with E-state index in [1.54, 1.807) is 43.3 Å². The number of hydrogen-bond donors (Lipinski definition) is 1. The first-order valence-electron chi connectivity index (χ1n) is 9.60. The Morgan fingerprint density at radius 1 is 0.967 bits per heavy atom. The molecule has 0 saturated carbocycles. The Morgan fingerprint density at radius 3 is 2.17 bits per heavy atom. The van der Waals surface area contributed by atoms with Crippen LogP contribution in [0.15, 0.2) is 36.4 Å². The van der Waals surface area contributed by atoms with E-state index >= 15 is 0 Å². The minimum absolute atomic E-state index is 0.000101. The number of carbonyl (C=O) groups excluding carboxylic acids is 2. The maximum atomic E-state index is 13.2. The Labute approximate surface area is 197 Å². The fourth-order valence-corrected chi connectivity index (χ4v) is 3.69. The zero-order valence-corrected chi connectivity index (χ0v) is 20.0. The molecule has 0 saturated heterocycles. The summed E-state index contributed by atoms with van der Waals surface area (Å²) < 4.78 is 0. The molecule has 30 heavy (non-hydrogen) atoms. The van der Waals surface area contributed by atoms with E-state index < -0.39 is 6.04 Å². The molecular formula is C22H24Cl4N2O2. The van der Waals surface area contributed by atoms with E-state index in [0.717, 1.165) is 12.0 Å². The van der Waals surface area contributed by atoms with Gasteiger partial charge in [-0.3, -0.25) is 9.59 Å². The van der Waals surface area contributed by atoms with Crippen LogP contribution in [-0.2, 0) is 22.6 Å². The Bertz CT molecular complexity index is 900. The molecule has 0 fully saturated rings. The number of benzene rings is 2. The first-order valence-corrected chi connectivity index (χ1v) is 11.1. The molecule has 0 aliphatic heterocycles. The summed E-state index contributed by atoms with van der Waals surface area (Å²) in [5, 5.41) is 4.54. The molecule has 0 spiro atoms. The number of halogens is 4. The summed E-state index contributed by atoms with van der Waals surface area (Å²) in [5.74, 6) is -0.508. The van der Waals surface area contributed by atoms with Gasteiger partial charge in [-0.2, -0.15) is 0 Å². The first kappa shape index (κ1) is 24.8. The molecule has 0 heterocycles.